The molecule has 1 aliphatic heterocycles. The third-order valence-corrected chi connectivity index (χ3v) is 3.42. The molecule has 1 atom stereocenters. The van der Waals surface area contributed by atoms with Crippen LogP contribution in [0.3, 0.4) is 0 Å². The SMILES string of the molecule is CC1(C(F)(F)F)CCN(c2cnc(C(=O)O)cn2)CCO1. The Labute approximate surface area is 118 Å². The van der Waals surface area contributed by atoms with Gasteiger partial charge < -0.3 is 14.7 Å². The quantitative estimate of drug-likeness (QED) is 0.896. The van der Waals surface area contributed by atoms with Crippen LogP contribution in [0.2, 0.25) is 0 Å². The van der Waals surface area contributed by atoms with Crippen LogP contribution in [0.4, 0.5) is 19.0 Å². The smallest absolute Gasteiger partial charge is 0.417 e. The van der Waals surface area contributed by atoms with Crippen molar-refractivity contribution in [2.75, 3.05) is 24.6 Å². The van der Waals surface area contributed by atoms with Crippen molar-refractivity contribution < 1.29 is 27.8 Å². The Morgan fingerprint density at radius 3 is 2.62 bits per heavy atom. The van der Waals surface area contributed by atoms with Gasteiger partial charge in [-0.05, 0) is 6.92 Å². The minimum Gasteiger partial charge on any atom is -0.476 e. The topological polar surface area (TPSA) is 75.6 Å². The van der Waals surface area contributed by atoms with Gasteiger partial charge in [0, 0.05) is 19.5 Å². The summed E-state index contributed by atoms with van der Waals surface area (Å²) in [5.41, 5.74) is -2.40. The van der Waals surface area contributed by atoms with E-state index < -0.39 is 17.7 Å². The lowest BCUT2D eigenvalue weighted by molar-refractivity contribution is -0.269. The van der Waals surface area contributed by atoms with Gasteiger partial charge in [0.05, 0.1) is 19.0 Å². The number of nitrogens with zero attached hydrogens (tertiary/aromatic N) is 3. The van der Waals surface area contributed by atoms with Crippen LogP contribution in [0.1, 0.15) is 23.8 Å². The molecule has 2 rings (SSSR count). The van der Waals surface area contributed by atoms with Gasteiger partial charge in [-0.15, -0.1) is 0 Å². The fourth-order valence-corrected chi connectivity index (χ4v) is 1.96. The third kappa shape index (κ3) is 3.23. The number of rotatable bonds is 2. The molecule has 0 radical (unpaired) electrons. The Hall–Kier alpha value is -1.90. The van der Waals surface area contributed by atoms with Gasteiger partial charge in [-0.3, -0.25) is 0 Å². The van der Waals surface area contributed by atoms with E-state index in [9.17, 15) is 18.0 Å². The fraction of sp³-hybridized carbons (Fsp3) is 0.583. The van der Waals surface area contributed by atoms with Crippen molar-refractivity contribution in [1.29, 1.82) is 0 Å². The summed E-state index contributed by atoms with van der Waals surface area (Å²) < 4.78 is 43.8. The van der Waals surface area contributed by atoms with Crippen molar-refractivity contribution in [3.8, 4) is 0 Å². The first-order valence-corrected chi connectivity index (χ1v) is 6.24. The Morgan fingerprint density at radius 1 is 1.38 bits per heavy atom. The molecule has 0 aliphatic carbocycles. The highest BCUT2D eigenvalue weighted by Crippen LogP contribution is 2.37. The molecule has 116 valence electrons. The lowest BCUT2D eigenvalue weighted by atomic mass is 10.0. The average molecular weight is 305 g/mol. The zero-order valence-corrected chi connectivity index (χ0v) is 11.2. The lowest BCUT2D eigenvalue weighted by Crippen LogP contribution is -2.45. The molecule has 1 aromatic heterocycles. The first-order chi connectivity index (χ1) is 9.73. The second-order valence-corrected chi connectivity index (χ2v) is 4.88. The normalized spacial score (nSPS) is 23.7. The van der Waals surface area contributed by atoms with Crippen LogP contribution in [0.25, 0.3) is 0 Å². The lowest BCUT2D eigenvalue weighted by Gasteiger charge is -2.30. The van der Waals surface area contributed by atoms with Gasteiger partial charge in [-0.25, -0.2) is 14.8 Å². The number of halogens is 3. The number of ether oxygens (including phenoxy) is 1. The molecule has 2 heterocycles. The van der Waals surface area contributed by atoms with E-state index in [4.69, 9.17) is 9.84 Å². The summed E-state index contributed by atoms with van der Waals surface area (Å²) in [6.45, 7) is 1.25. The summed E-state index contributed by atoms with van der Waals surface area (Å²) in [6, 6.07) is 0. The third-order valence-electron chi connectivity index (χ3n) is 3.42. The number of carboxylic acid groups (broad SMARTS) is 1. The van der Waals surface area contributed by atoms with Crippen LogP contribution in [-0.2, 0) is 4.74 Å². The number of alkyl halides is 3. The molecule has 21 heavy (non-hydrogen) atoms. The van der Waals surface area contributed by atoms with Gasteiger partial charge in [-0.2, -0.15) is 13.2 Å². The second kappa shape index (κ2) is 5.47. The van der Waals surface area contributed by atoms with E-state index in [2.05, 4.69) is 9.97 Å². The number of hydrogen-bond acceptors (Lipinski definition) is 5. The van der Waals surface area contributed by atoms with Crippen molar-refractivity contribution in [2.45, 2.75) is 25.1 Å². The summed E-state index contributed by atoms with van der Waals surface area (Å²) in [4.78, 5) is 19.9. The van der Waals surface area contributed by atoms with E-state index in [0.29, 0.717) is 5.82 Å². The maximum absolute atomic E-state index is 12.9. The molecule has 1 aromatic rings. The van der Waals surface area contributed by atoms with Gasteiger partial charge in [0.2, 0.25) is 0 Å². The molecule has 1 saturated heterocycles. The molecule has 6 nitrogen and oxygen atoms in total. The molecular weight excluding hydrogens is 291 g/mol. The second-order valence-electron chi connectivity index (χ2n) is 4.88. The van der Waals surface area contributed by atoms with Crippen molar-refractivity contribution in [1.82, 2.24) is 9.97 Å². The molecule has 9 heteroatoms. The average Bonchev–Trinajstić information content (AvgIpc) is 2.61. The number of anilines is 1. The molecule has 0 aromatic carbocycles. The van der Waals surface area contributed by atoms with Crippen LogP contribution in [-0.4, -0.2) is 52.5 Å². The summed E-state index contributed by atoms with van der Waals surface area (Å²) >= 11 is 0. The summed E-state index contributed by atoms with van der Waals surface area (Å²) in [5, 5.41) is 8.73. The highest BCUT2D eigenvalue weighted by Gasteiger charge is 2.52. The zero-order valence-electron chi connectivity index (χ0n) is 11.2. The van der Waals surface area contributed by atoms with Crippen LogP contribution < -0.4 is 4.90 Å². The molecule has 1 fully saturated rings. The molecule has 1 aliphatic rings. The maximum atomic E-state index is 12.9. The number of aromatic carboxylic acids is 1. The van der Waals surface area contributed by atoms with Gasteiger partial charge in [0.25, 0.3) is 0 Å². The van der Waals surface area contributed by atoms with Crippen molar-refractivity contribution in [2.24, 2.45) is 0 Å². The van der Waals surface area contributed by atoms with Crippen molar-refractivity contribution in [3.05, 3.63) is 18.1 Å². The van der Waals surface area contributed by atoms with Crippen LogP contribution in [0.5, 0.6) is 0 Å². The van der Waals surface area contributed by atoms with Crippen LogP contribution in [0.15, 0.2) is 12.4 Å². The summed E-state index contributed by atoms with van der Waals surface area (Å²) in [6.07, 6.45) is -2.37. The zero-order chi connectivity index (χ0) is 15.7. The van der Waals surface area contributed by atoms with Gasteiger partial charge >= 0.3 is 12.1 Å². The fourth-order valence-electron chi connectivity index (χ4n) is 1.96. The standard InChI is InChI=1S/C12H14F3N3O3/c1-11(12(13,14)15)2-3-18(4-5-21-11)9-7-16-8(6-17-9)10(19)20/h6-7H,2-5H2,1H3,(H,19,20). The minimum atomic E-state index is -4.44. The highest BCUT2D eigenvalue weighted by molar-refractivity contribution is 5.84. The molecule has 0 amide bonds. The predicted octanol–water partition coefficient (Wildman–Crippen LogP) is 1.72. The first kappa shape index (κ1) is 15.5. The van der Waals surface area contributed by atoms with E-state index >= 15 is 0 Å². The summed E-state index contributed by atoms with van der Waals surface area (Å²) in [7, 11) is 0. The van der Waals surface area contributed by atoms with Crippen molar-refractivity contribution >= 4 is 11.8 Å². The predicted molar refractivity (Wildman–Crippen MR) is 66.2 cm³/mol. The number of hydrogen-bond donors (Lipinski definition) is 1. The first-order valence-electron chi connectivity index (χ1n) is 6.24. The van der Waals surface area contributed by atoms with E-state index in [1.807, 2.05) is 0 Å². The summed E-state index contributed by atoms with van der Waals surface area (Å²) in [5.74, 6) is -0.882. The molecule has 1 N–H and O–H groups in total. The molecule has 0 bridgehead atoms. The van der Waals surface area contributed by atoms with Gasteiger partial charge in [0.15, 0.2) is 11.3 Å². The number of carboxylic acids is 1. The molecule has 0 saturated carbocycles. The van der Waals surface area contributed by atoms with Crippen LogP contribution in [0, 0.1) is 0 Å². The van der Waals surface area contributed by atoms with Gasteiger partial charge in [0.1, 0.15) is 5.82 Å². The monoisotopic (exact) mass is 305 g/mol. The Morgan fingerprint density at radius 2 is 2.10 bits per heavy atom. The Balaban J connectivity index is 2.11. The van der Waals surface area contributed by atoms with E-state index in [0.717, 1.165) is 13.1 Å². The molecule has 0 spiro atoms. The number of carbonyl (C=O) groups is 1. The number of aromatic nitrogens is 2. The largest absolute Gasteiger partial charge is 0.476 e. The Bertz CT molecular complexity index is 521. The van der Waals surface area contributed by atoms with E-state index in [1.165, 1.54) is 6.20 Å². The van der Waals surface area contributed by atoms with E-state index in [-0.39, 0.29) is 31.8 Å². The van der Waals surface area contributed by atoms with Gasteiger partial charge in [-0.1, -0.05) is 0 Å². The highest BCUT2D eigenvalue weighted by atomic mass is 19.4. The van der Waals surface area contributed by atoms with Crippen LogP contribution >= 0.6 is 0 Å². The Kier molecular flexibility index (Phi) is 4.04. The maximum Gasteiger partial charge on any atom is 0.417 e. The molecular formula is C12H14F3N3O3. The molecule has 1 unspecified atom stereocenters. The minimum absolute atomic E-state index is 0.0944. The van der Waals surface area contributed by atoms with E-state index in [1.54, 1.807) is 4.90 Å². The van der Waals surface area contributed by atoms with Crippen molar-refractivity contribution in [3.63, 3.8) is 0 Å².